The second-order valence-corrected chi connectivity index (χ2v) is 7.44. The van der Waals surface area contributed by atoms with Crippen molar-refractivity contribution in [2.75, 3.05) is 0 Å². The molecule has 0 atom stereocenters. The third-order valence-electron chi connectivity index (χ3n) is 6.11. The molecule has 4 aliphatic rings. The van der Waals surface area contributed by atoms with E-state index >= 15 is 0 Å². The Bertz CT molecular complexity index is 552. The molecule has 4 heteroatoms. The topological polar surface area (TPSA) is 55.1 Å². The molecule has 0 spiro atoms. The van der Waals surface area contributed by atoms with Crippen LogP contribution in [-0.2, 0) is 12.5 Å². The Kier molecular flexibility index (Phi) is 2.40. The molecule has 4 bridgehead atoms. The van der Waals surface area contributed by atoms with E-state index in [0.29, 0.717) is 5.69 Å². The largest absolute Gasteiger partial charge is 0.476 e. The van der Waals surface area contributed by atoms with Crippen LogP contribution in [0.2, 0.25) is 0 Å². The first-order valence-electron chi connectivity index (χ1n) is 7.76. The predicted molar refractivity (Wildman–Crippen MR) is 74.8 cm³/mol. The van der Waals surface area contributed by atoms with Crippen LogP contribution < -0.4 is 0 Å². The van der Waals surface area contributed by atoms with Crippen LogP contribution in [0.1, 0.15) is 60.3 Å². The number of rotatable bonds is 2. The van der Waals surface area contributed by atoms with Crippen molar-refractivity contribution in [3.8, 4) is 0 Å². The van der Waals surface area contributed by atoms with Gasteiger partial charge in [-0.3, -0.25) is 4.68 Å². The molecular formula is C16H22N2O2. The third kappa shape index (κ3) is 1.54. The van der Waals surface area contributed by atoms with Crippen molar-refractivity contribution in [3.63, 3.8) is 0 Å². The number of carbonyl (C=O) groups is 1. The van der Waals surface area contributed by atoms with Gasteiger partial charge in [-0.25, -0.2) is 4.79 Å². The lowest BCUT2D eigenvalue weighted by Gasteiger charge is -2.57. The van der Waals surface area contributed by atoms with Crippen molar-refractivity contribution in [2.24, 2.45) is 24.8 Å². The summed E-state index contributed by atoms with van der Waals surface area (Å²) in [5.41, 5.74) is 2.55. The number of nitrogens with zero attached hydrogens (tertiary/aromatic N) is 2. The lowest BCUT2D eigenvalue weighted by molar-refractivity contribution is -0.00613. The fourth-order valence-corrected chi connectivity index (χ4v) is 5.81. The highest BCUT2D eigenvalue weighted by atomic mass is 16.4. The maximum Gasteiger partial charge on any atom is 0.356 e. The van der Waals surface area contributed by atoms with Gasteiger partial charge in [-0.15, -0.1) is 0 Å². The fraction of sp³-hybridized carbons (Fsp3) is 0.750. The molecule has 0 saturated heterocycles. The summed E-state index contributed by atoms with van der Waals surface area (Å²) in [5.74, 6) is 1.60. The molecule has 1 N–H and O–H groups in total. The van der Waals surface area contributed by atoms with Crippen molar-refractivity contribution >= 4 is 5.97 Å². The standard InChI is InChI=1S/C16H22N2O2/c1-9-13(14(15(19)20)17-18(9)2)16-6-10-3-11(7-16)5-12(4-10)8-16/h10-12H,3-8H2,1-2H3,(H,19,20). The van der Waals surface area contributed by atoms with Crippen LogP contribution >= 0.6 is 0 Å². The zero-order valence-corrected chi connectivity index (χ0v) is 12.2. The van der Waals surface area contributed by atoms with Gasteiger partial charge in [0.2, 0.25) is 0 Å². The molecule has 20 heavy (non-hydrogen) atoms. The first-order chi connectivity index (χ1) is 9.48. The Morgan fingerprint density at radius 2 is 1.70 bits per heavy atom. The van der Waals surface area contributed by atoms with Crippen LogP contribution in [0.15, 0.2) is 0 Å². The van der Waals surface area contributed by atoms with Crippen LogP contribution in [0.25, 0.3) is 0 Å². The Hall–Kier alpha value is -1.32. The van der Waals surface area contributed by atoms with E-state index in [1.165, 1.54) is 38.5 Å². The summed E-state index contributed by atoms with van der Waals surface area (Å²) >= 11 is 0. The van der Waals surface area contributed by atoms with Crippen LogP contribution in [0.5, 0.6) is 0 Å². The van der Waals surface area contributed by atoms with Crippen LogP contribution in [0.3, 0.4) is 0 Å². The van der Waals surface area contributed by atoms with Crippen molar-refractivity contribution in [3.05, 3.63) is 17.0 Å². The average molecular weight is 274 g/mol. The Balaban J connectivity index is 1.87. The lowest BCUT2D eigenvalue weighted by atomic mass is 9.47. The minimum atomic E-state index is -0.862. The summed E-state index contributed by atoms with van der Waals surface area (Å²) in [6.07, 6.45) is 7.69. The zero-order valence-electron chi connectivity index (χ0n) is 12.2. The van der Waals surface area contributed by atoms with Gasteiger partial charge in [-0.1, -0.05) is 0 Å². The van der Waals surface area contributed by atoms with Crippen molar-refractivity contribution < 1.29 is 9.90 Å². The fourth-order valence-electron chi connectivity index (χ4n) is 5.81. The van der Waals surface area contributed by atoms with Gasteiger partial charge in [-0.2, -0.15) is 5.10 Å². The number of aryl methyl sites for hydroxylation is 1. The molecule has 1 aromatic heterocycles. The minimum absolute atomic E-state index is 0.112. The number of carboxylic acid groups (broad SMARTS) is 1. The first kappa shape index (κ1) is 12.4. The van der Waals surface area contributed by atoms with Gasteiger partial charge >= 0.3 is 5.97 Å². The van der Waals surface area contributed by atoms with Crippen molar-refractivity contribution in [2.45, 2.75) is 50.9 Å². The molecule has 0 aliphatic heterocycles. The Morgan fingerprint density at radius 3 is 2.15 bits per heavy atom. The molecule has 4 saturated carbocycles. The highest BCUT2D eigenvalue weighted by Crippen LogP contribution is 2.61. The van der Waals surface area contributed by atoms with Crippen LogP contribution in [0.4, 0.5) is 0 Å². The number of hydrogen-bond acceptors (Lipinski definition) is 2. The van der Waals surface area contributed by atoms with Crippen molar-refractivity contribution in [1.82, 2.24) is 9.78 Å². The van der Waals surface area contributed by atoms with E-state index in [1.807, 2.05) is 14.0 Å². The molecule has 0 aromatic carbocycles. The van der Waals surface area contributed by atoms with E-state index < -0.39 is 5.97 Å². The molecular weight excluding hydrogens is 252 g/mol. The van der Waals surface area contributed by atoms with E-state index in [9.17, 15) is 9.90 Å². The summed E-state index contributed by atoms with van der Waals surface area (Å²) in [5, 5.41) is 13.8. The van der Waals surface area contributed by atoms with Gasteiger partial charge < -0.3 is 5.11 Å². The molecule has 1 aromatic rings. The molecule has 108 valence electrons. The maximum absolute atomic E-state index is 11.6. The third-order valence-corrected chi connectivity index (χ3v) is 6.11. The second-order valence-electron chi connectivity index (χ2n) is 7.44. The normalized spacial score (nSPS) is 38.4. The lowest BCUT2D eigenvalue weighted by Crippen LogP contribution is -2.49. The maximum atomic E-state index is 11.6. The minimum Gasteiger partial charge on any atom is -0.476 e. The zero-order chi connectivity index (χ0) is 14.1. The second kappa shape index (κ2) is 3.86. The smallest absolute Gasteiger partial charge is 0.356 e. The van der Waals surface area contributed by atoms with Gasteiger partial charge in [-0.05, 0) is 63.2 Å². The molecule has 4 aliphatic carbocycles. The van der Waals surface area contributed by atoms with E-state index in [0.717, 1.165) is 29.0 Å². The number of hydrogen-bond donors (Lipinski definition) is 1. The van der Waals surface area contributed by atoms with E-state index in [4.69, 9.17) is 0 Å². The van der Waals surface area contributed by atoms with Crippen LogP contribution in [0, 0.1) is 24.7 Å². The molecule has 1 heterocycles. The summed E-state index contributed by atoms with van der Waals surface area (Å²) in [4.78, 5) is 11.6. The van der Waals surface area contributed by atoms with Gasteiger partial charge in [0.15, 0.2) is 5.69 Å². The molecule has 0 unspecified atom stereocenters. The predicted octanol–water partition coefficient (Wildman–Crippen LogP) is 2.89. The van der Waals surface area contributed by atoms with Crippen LogP contribution in [-0.4, -0.2) is 20.9 Å². The number of aromatic nitrogens is 2. The van der Waals surface area contributed by atoms with Gasteiger partial charge in [0.25, 0.3) is 0 Å². The average Bonchev–Trinajstić information content (AvgIpc) is 2.65. The SMILES string of the molecule is Cc1c(C23CC4CC(CC(C4)C2)C3)c(C(=O)O)nn1C. The van der Waals surface area contributed by atoms with Crippen molar-refractivity contribution in [1.29, 1.82) is 0 Å². The van der Waals surface area contributed by atoms with E-state index in [-0.39, 0.29) is 5.41 Å². The Morgan fingerprint density at radius 1 is 1.20 bits per heavy atom. The highest BCUT2D eigenvalue weighted by Gasteiger charge is 2.53. The van der Waals surface area contributed by atoms with Gasteiger partial charge in [0.05, 0.1) is 0 Å². The van der Waals surface area contributed by atoms with E-state index in [1.54, 1.807) is 4.68 Å². The molecule has 0 radical (unpaired) electrons. The van der Waals surface area contributed by atoms with E-state index in [2.05, 4.69) is 5.10 Å². The Labute approximate surface area is 119 Å². The monoisotopic (exact) mass is 274 g/mol. The van der Waals surface area contributed by atoms with Gasteiger partial charge in [0.1, 0.15) is 0 Å². The number of carboxylic acids is 1. The molecule has 4 fully saturated rings. The van der Waals surface area contributed by atoms with Gasteiger partial charge in [0, 0.05) is 23.7 Å². The first-order valence-corrected chi connectivity index (χ1v) is 7.76. The molecule has 0 amide bonds. The number of aromatic carboxylic acids is 1. The highest BCUT2D eigenvalue weighted by molar-refractivity contribution is 5.88. The summed E-state index contributed by atoms with van der Waals surface area (Å²) in [7, 11) is 1.87. The summed E-state index contributed by atoms with van der Waals surface area (Å²) in [6, 6.07) is 0. The summed E-state index contributed by atoms with van der Waals surface area (Å²) in [6.45, 7) is 2.04. The summed E-state index contributed by atoms with van der Waals surface area (Å²) < 4.78 is 1.76. The quantitative estimate of drug-likeness (QED) is 0.902. The molecule has 5 rings (SSSR count). The molecule has 4 nitrogen and oxygen atoms in total.